The number of rotatable bonds is 29. The Bertz CT molecular complexity index is 609. The van der Waals surface area contributed by atoms with Crippen molar-refractivity contribution in [1.29, 1.82) is 0 Å². The standard InChI is InChI=1S/C32H68P.C6H7O2P/c1-5-9-13-17-21-25-29-33(30-26-22-18-14-10-6-2,31-27-23-19-15-11-7-3)32-28-24-20-16-12-8-4;7-9(8)6-4-2-1-3-5-6/h5-32H2,1-4H3;1-5,9H,(H,7,8)/q+1;/p-1. The molecule has 248 valence electrons. The molecule has 0 bridgehead atoms. The van der Waals surface area contributed by atoms with E-state index in [1.807, 2.05) is 0 Å². The van der Waals surface area contributed by atoms with Crippen LogP contribution in [0.1, 0.15) is 182 Å². The van der Waals surface area contributed by atoms with Crippen LogP contribution in [0.2, 0.25) is 0 Å². The van der Waals surface area contributed by atoms with Crippen LogP contribution in [0.25, 0.3) is 0 Å². The Balaban J connectivity index is 0.00000157. The van der Waals surface area contributed by atoms with Crippen molar-refractivity contribution in [3.63, 3.8) is 0 Å². The fraction of sp³-hybridized carbons (Fsp3) is 0.842. The van der Waals surface area contributed by atoms with Crippen molar-refractivity contribution in [1.82, 2.24) is 0 Å². The number of hydrogen-bond donors (Lipinski definition) is 0. The number of hydrogen-bond acceptors (Lipinski definition) is 2. The van der Waals surface area contributed by atoms with Crippen LogP contribution in [-0.4, -0.2) is 24.6 Å². The van der Waals surface area contributed by atoms with E-state index < -0.39 is 15.3 Å². The van der Waals surface area contributed by atoms with Gasteiger partial charge in [-0.15, -0.1) is 0 Å². The first-order chi connectivity index (χ1) is 20.5. The molecule has 1 rings (SSSR count). The van der Waals surface area contributed by atoms with Gasteiger partial charge in [0.05, 0.1) is 24.6 Å². The van der Waals surface area contributed by atoms with E-state index in [1.165, 1.54) is 128 Å². The molecule has 0 saturated carbocycles. The predicted octanol–water partition coefficient (Wildman–Crippen LogP) is 12.6. The maximum atomic E-state index is 10.3. The van der Waals surface area contributed by atoms with E-state index in [-0.39, 0.29) is 0 Å². The highest BCUT2D eigenvalue weighted by Gasteiger charge is 2.34. The van der Waals surface area contributed by atoms with Gasteiger partial charge in [0.1, 0.15) is 0 Å². The maximum absolute atomic E-state index is 10.3. The molecule has 0 N–H and O–H groups in total. The van der Waals surface area contributed by atoms with Crippen LogP contribution >= 0.6 is 15.3 Å². The fourth-order valence-corrected chi connectivity index (χ4v) is 11.5. The Morgan fingerprint density at radius 2 is 0.714 bits per heavy atom. The van der Waals surface area contributed by atoms with Crippen LogP contribution in [0.4, 0.5) is 0 Å². The molecule has 42 heavy (non-hydrogen) atoms. The van der Waals surface area contributed by atoms with E-state index in [2.05, 4.69) is 27.7 Å². The number of unbranched alkanes of at least 4 members (excludes halogenated alkanes) is 20. The highest BCUT2D eigenvalue weighted by atomic mass is 31.2. The van der Waals surface area contributed by atoms with E-state index in [0.717, 1.165) is 0 Å². The molecule has 0 aliphatic carbocycles. The summed E-state index contributed by atoms with van der Waals surface area (Å²) in [6, 6.07) is 8.35. The van der Waals surface area contributed by atoms with Gasteiger partial charge in [-0.25, -0.2) is 0 Å². The van der Waals surface area contributed by atoms with Crippen LogP contribution in [-0.2, 0) is 4.57 Å². The van der Waals surface area contributed by atoms with Crippen LogP contribution in [0, 0.1) is 0 Å². The fourth-order valence-electron chi connectivity index (χ4n) is 6.16. The first kappa shape index (κ1) is 41.8. The summed E-state index contributed by atoms with van der Waals surface area (Å²) < 4.78 is 10.3. The normalized spacial score (nSPS) is 12.2. The lowest BCUT2D eigenvalue weighted by molar-refractivity contribution is -0.160. The summed E-state index contributed by atoms with van der Waals surface area (Å²) in [5, 5.41) is 0.405. The Hall–Kier alpha value is -0.160. The minimum absolute atomic E-state index is 0.405. The third kappa shape index (κ3) is 26.3. The predicted molar refractivity (Wildman–Crippen MR) is 195 cm³/mol. The van der Waals surface area contributed by atoms with Crippen molar-refractivity contribution in [3.05, 3.63) is 30.3 Å². The van der Waals surface area contributed by atoms with E-state index in [1.54, 1.807) is 80.7 Å². The minimum Gasteiger partial charge on any atom is -0.798 e. The lowest BCUT2D eigenvalue weighted by atomic mass is 10.1. The quantitative estimate of drug-likeness (QED) is 0.0657. The van der Waals surface area contributed by atoms with Crippen molar-refractivity contribution in [2.75, 3.05) is 24.6 Å². The molecule has 0 aliphatic heterocycles. The smallest absolute Gasteiger partial charge is 0.0594 e. The molecule has 0 heterocycles. The molecule has 0 aliphatic rings. The third-order valence-electron chi connectivity index (χ3n) is 8.95. The monoisotopic (exact) mass is 625 g/mol. The minimum atomic E-state index is -2.71. The van der Waals surface area contributed by atoms with E-state index in [0.29, 0.717) is 5.30 Å². The van der Waals surface area contributed by atoms with Gasteiger partial charge in [0.15, 0.2) is 0 Å². The van der Waals surface area contributed by atoms with Crippen LogP contribution < -0.4 is 10.2 Å². The number of benzene rings is 1. The molecule has 0 fully saturated rings. The molecule has 1 aromatic rings. The topological polar surface area (TPSA) is 40.1 Å². The molecule has 1 aromatic carbocycles. The second kappa shape index (κ2) is 32.2. The van der Waals surface area contributed by atoms with Crippen molar-refractivity contribution < 1.29 is 9.46 Å². The third-order valence-corrected chi connectivity index (χ3v) is 14.8. The lowest BCUT2D eigenvalue weighted by Crippen LogP contribution is -2.13. The highest BCUT2D eigenvalue weighted by molar-refractivity contribution is 7.75. The van der Waals surface area contributed by atoms with Crippen molar-refractivity contribution in [3.8, 4) is 0 Å². The Kier molecular flexibility index (Phi) is 32.1. The summed E-state index contributed by atoms with van der Waals surface area (Å²) >= 11 is 0. The first-order valence-corrected chi connectivity index (χ1v) is 22.5. The van der Waals surface area contributed by atoms with Crippen molar-refractivity contribution >= 4 is 20.6 Å². The van der Waals surface area contributed by atoms with Gasteiger partial charge in [-0.2, -0.15) is 0 Å². The zero-order valence-corrected chi connectivity index (χ0v) is 30.8. The highest BCUT2D eigenvalue weighted by Crippen LogP contribution is 2.61. The average molecular weight is 625 g/mol. The molecule has 1 atom stereocenters. The average Bonchev–Trinajstić information content (AvgIpc) is 3.01. The Morgan fingerprint density at radius 1 is 0.452 bits per heavy atom. The van der Waals surface area contributed by atoms with Crippen molar-refractivity contribution in [2.45, 2.75) is 182 Å². The van der Waals surface area contributed by atoms with Gasteiger partial charge in [-0.1, -0.05) is 161 Å². The zero-order chi connectivity index (χ0) is 31.0. The summed E-state index contributed by atoms with van der Waals surface area (Å²) in [6.07, 6.45) is 42.1. The molecule has 0 spiro atoms. The summed E-state index contributed by atoms with van der Waals surface area (Å²) in [7, 11) is -3.43. The largest absolute Gasteiger partial charge is 0.798 e. The van der Waals surface area contributed by atoms with Gasteiger partial charge < -0.3 is 9.46 Å². The Morgan fingerprint density at radius 3 is 0.952 bits per heavy atom. The van der Waals surface area contributed by atoms with Gasteiger partial charge >= 0.3 is 0 Å². The molecular formula is C38H74O2P2. The zero-order valence-electron chi connectivity index (χ0n) is 28.9. The second-order valence-electron chi connectivity index (χ2n) is 13.0. The molecule has 1 unspecified atom stereocenters. The van der Waals surface area contributed by atoms with Crippen LogP contribution in [0.5, 0.6) is 0 Å². The van der Waals surface area contributed by atoms with Gasteiger partial charge in [0, 0.05) is 15.3 Å². The van der Waals surface area contributed by atoms with Crippen LogP contribution in [0.3, 0.4) is 0 Å². The molecule has 0 saturated heterocycles. The van der Waals surface area contributed by atoms with E-state index >= 15 is 0 Å². The molecule has 0 aromatic heterocycles. The lowest BCUT2D eigenvalue weighted by Gasteiger charge is -2.28. The molecule has 4 heteroatoms. The first-order valence-electron chi connectivity index (χ1n) is 18.7. The second-order valence-corrected chi connectivity index (χ2v) is 18.6. The molecule has 0 amide bonds. The van der Waals surface area contributed by atoms with Crippen LogP contribution in [0.15, 0.2) is 30.3 Å². The summed E-state index contributed by atoms with van der Waals surface area (Å²) in [5.41, 5.74) is 0. The van der Waals surface area contributed by atoms with Crippen molar-refractivity contribution in [2.24, 2.45) is 0 Å². The van der Waals surface area contributed by atoms with Gasteiger partial charge in [-0.3, -0.25) is 0 Å². The molecule has 0 radical (unpaired) electrons. The summed E-state index contributed by atoms with van der Waals surface area (Å²) in [5.74, 6) is 0. The maximum Gasteiger partial charge on any atom is 0.0594 e. The van der Waals surface area contributed by atoms with Gasteiger partial charge in [0.2, 0.25) is 0 Å². The molecule has 2 nitrogen and oxygen atoms in total. The summed E-state index contributed by atoms with van der Waals surface area (Å²) in [4.78, 5) is 10.3. The summed E-state index contributed by atoms with van der Waals surface area (Å²) in [6.45, 7) is 9.38. The SMILES string of the molecule is CCCCCCCC[P+](CCCCCCCC)(CCCCCCCC)CCCCCCCC.O=[PH]([O-])c1ccccc1. The molecular weight excluding hydrogens is 550 g/mol. The van der Waals surface area contributed by atoms with Gasteiger partial charge in [-0.05, 0) is 56.7 Å². The van der Waals surface area contributed by atoms with E-state index in [4.69, 9.17) is 0 Å². The Labute approximate surface area is 266 Å². The van der Waals surface area contributed by atoms with Gasteiger partial charge in [0.25, 0.3) is 0 Å². The van der Waals surface area contributed by atoms with E-state index in [9.17, 15) is 9.46 Å².